The summed E-state index contributed by atoms with van der Waals surface area (Å²) in [6.07, 6.45) is 2.70. The SMILES string of the molecule is CC1CC1C(=O)Nc1ncc(Br)s1. The number of nitrogens with zero attached hydrogens (tertiary/aromatic N) is 1. The number of thiazole rings is 1. The molecule has 0 spiro atoms. The largest absolute Gasteiger partial charge is 0.302 e. The predicted octanol–water partition coefficient (Wildman–Crippen LogP) is 2.50. The van der Waals surface area contributed by atoms with Crippen LogP contribution in [0.2, 0.25) is 0 Å². The first-order valence-electron chi connectivity index (χ1n) is 4.09. The van der Waals surface area contributed by atoms with Gasteiger partial charge in [0.05, 0.1) is 9.98 Å². The van der Waals surface area contributed by atoms with Crippen LogP contribution in [0.5, 0.6) is 0 Å². The van der Waals surface area contributed by atoms with Crippen molar-refractivity contribution in [3.8, 4) is 0 Å². The van der Waals surface area contributed by atoms with Gasteiger partial charge in [0.1, 0.15) is 0 Å². The van der Waals surface area contributed by atoms with E-state index >= 15 is 0 Å². The van der Waals surface area contributed by atoms with Crippen molar-refractivity contribution in [2.45, 2.75) is 13.3 Å². The van der Waals surface area contributed by atoms with Crippen LogP contribution in [0.15, 0.2) is 9.98 Å². The zero-order valence-corrected chi connectivity index (χ0v) is 9.48. The quantitative estimate of drug-likeness (QED) is 0.888. The summed E-state index contributed by atoms with van der Waals surface area (Å²) in [4.78, 5) is 15.5. The van der Waals surface area contributed by atoms with Crippen molar-refractivity contribution in [3.05, 3.63) is 9.98 Å². The fourth-order valence-corrected chi connectivity index (χ4v) is 2.31. The Morgan fingerprint density at radius 3 is 3.00 bits per heavy atom. The average Bonchev–Trinajstić information content (AvgIpc) is 2.66. The van der Waals surface area contributed by atoms with Crippen LogP contribution in [0.25, 0.3) is 0 Å². The molecule has 1 aromatic heterocycles. The standard InChI is InChI=1S/C8H9BrN2OS/c1-4-2-5(4)7(12)11-8-10-3-6(9)13-8/h3-5H,2H2,1H3,(H,10,11,12). The molecule has 0 bridgehead atoms. The number of hydrogen-bond donors (Lipinski definition) is 1. The molecule has 5 heteroatoms. The first kappa shape index (κ1) is 9.15. The Bertz CT molecular complexity index is 339. The van der Waals surface area contributed by atoms with Crippen LogP contribution in [0, 0.1) is 11.8 Å². The van der Waals surface area contributed by atoms with Crippen molar-refractivity contribution in [3.63, 3.8) is 0 Å². The lowest BCUT2D eigenvalue weighted by Gasteiger charge is -1.97. The number of aromatic nitrogens is 1. The van der Waals surface area contributed by atoms with Crippen molar-refractivity contribution in [2.75, 3.05) is 5.32 Å². The fourth-order valence-electron chi connectivity index (χ4n) is 1.20. The van der Waals surface area contributed by atoms with Crippen LogP contribution >= 0.6 is 27.3 Å². The first-order chi connectivity index (χ1) is 6.16. The van der Waals surface area contributed by atoms with Gasteiger partial charge in [-0.15, -0.1) is 0 Å². The summed E-state index contributed by atoms with van der Waals surface area (Å²) in [5.74, 6) is 0.862. The molecular formula is C8H9BrN2OS. The van der Waals surface area contributed by atoms with Crippen LogP contribution in [-0.4, -0.2) is 10.9 Å². The van der Waals surface area contributed by atoms with Crippen LogP contribution in [0.4, 0.5) is 5.13 Å². The van der Waals surface area contributed by atoms with Gasteiger partial charge in [-0.1, -0.05) is 18.3 Å². The van der Waals surface area contributed by atoms with Gasteiger partial charge in [0.25, 0.3) is 0 Å². The van der Waals surface area contributed by atoms with E-state index in [1.165, 1.54) is 11.3 Å². The Labute approximate surface area is 88.7 Å². The van der Waals surface area contributed by atoms with Crippen molar-refractivity contribution in [1.29, 1.82) is 0 Å². The number of rotatable bonds is 2. The maximum Gasteiger partial charge on any atom is 0.229 e. The molecule has 2 rings (SSSR count). The summed E-state index contributed by atoms with van der Waals surface area (Å²) in [5, 5.41) is 3.47. The van der Waals surface area contributed by atoms with Crippen LogP contribution in [0.3, 0.4) is 0 Å². The number of hydrogen-bond acceptors (Lipinski definition) is 3. The highest BCUT2D eigenvalue weighted by atomic mass is 79.9. The van der Waals surface area contributed by atoms with E-state index in [-0.39, 0.29) is 11.8 Å². The molecule has 1 aromatic rings. The van der Waals surface area contributed by atoms with Gasteiger partial charge in [-0.3, -0.25) is 4.79 Å². The molecule has 3 nitrogen and oxygen atoms in total. The molecule has 1 saturated carbocycles. The summed E-state index contributed by atoms with van der Waals surface area (Å²) >= 11 is 4.73. The Balaban J connectivity index is 1.95. The van der Waals surface area contributed by atoms with Gasteiger partial charge in [-0.05, 0) is 28.3 Å². The van der Waals surface area contributed by atoms with E-state index in [1.54, 1.807) is 6.20 Å². The summed E-state index contributed by atoms with van der Waals surface area (Å²) in [7, 11) is 0. The number of halogens is 1. The zero-order chi connectivity index (χ0) is 9.42. The molecule has 0 aliphatic heterocycles. The molecule has 1 amide bonds. The maximum absolute atomic E-state index is 11.4. The minimum absolute atomic E-state index is 0.106. The third-order valence-electron chi connectivity index (χ3n) is 2.15. The van der Waals surface area contributed by atoms with E-state index in [0.29, 0.717) is 11.0 Å². The monoisotopic (exact) mass is 260 g/mol. The van der Waals surface area contributed by atoms with Crippen molar-refractivity contribution in [1.82, 2.24) is 4.98 Å². The van der Waals surface area contributed by atoms with Gasteiger partial charge in [0, 0.05) is 5.92 Å². The number of amides is 1. The summed E-state index contributed by atoms with van der Waals surface area (Å²) < 4.78 is 0.937. The lowest BCUT2D eigenvalue weighted by Crippen LogP contribution is -2.13. The van der Waals surface area contributed by atoms with Gasteiger partial charge in [0.15, 0.2) is 5.13 Å². The molecule has 1 fully saturated rings. The normalized spacial score (nSPS) is 25.7. The summed E-state index contributed by atoms with van der Waals surface area (Å²) in [6, 6.07) is 0. The molecule has 1 heterocycles. The highest BCUT2D eigenvalue weighted by Gasteiger charge is 2.39. The number of anilines is 1. The Morgan fingerprint density at radius 1 is 1.85 bits per heavy atom. The van der Waals surface area contributed by atoms with Gasteiger partial charge >= 0.3 is 0 Å². The predicted molar refractivity (Wildman–Crippen MR) is 55.7 cm³/mol. The van der Waals surface area contributed by atoms with Crippen LogP contribution in [0.1, 0.15) is 13.3 Å². The first-order valence-corrected chi connectivity index (χ1v) is 5.70. The fraction of sp³-hybridized carbons (Fsp3) is 0.500. The average molecular weight is 261 g/mol. The second-order valence-electron chi connectivity index (χ2n) is 3.28. The molecule has 1 aliphatic rings. The molecule has 13 heavy (non-hydrogen) atoms. The molecular weight excluding hydrogens is 252 g/mol. The van der Waals surface area contributed by atoms with E-state index in [9.17, 15) is 4.79 Å². The Morgan fingerprint density at radius 2 is 2.54 bits per heavy atom. The second kappa shape index (κ2) is 3.38. The van der Waals surface area contributed by atoms with E-state index in [4.69, 9.17) is 0 Å². The van der Waals surface area contributed by atoms with Crippen molar-refractivity contribution < 1.29 is 4.79 Å². The minimum atomic E-state index is 0.106. The van der Waals surface area contributed by atoms with E-state index in [0.717, 1.165) is 10.2 Å². The smallest absolute Gasteiger partial charge is 0.229 e. The van der Waals surface area contributed by atoms with Crippen LogP contribution in [-0.2, 0) is 4.79 Å². The number of nitrogens with one attached hydrogen (secondary N) is 1. The minimum Gasteiger partial charge on any atom is -0.302 e. The van der Waals surface area contributed by atoms with Gasteiger partial charge in [0.2, 0.25) is 5.91 Å². The number of carbonyl (C=O) groups is 1. The van der Waals surface area contributed by atoms with Gasteiger partial charge < -0.3 is 5.32 Å². The molecule has 0 saturated heterocycles. The molecule has 1 N–H and O–H groups in total. The number of carbonyl (C=O) groups excluding carboxylic acids is 1. The van der Waals surface area contributed by atoms with Crippen molar-refractivity contribution >= 4 is 38.3 Å². The molecule has 1 aliphatic carbocycles. The molecule has 2 unspecified atom stereocenters. The third-order valence-corrected chi connectivity index (χ3v) is 3.55. The lowest BCUT2D eigenvalue weighted by molar-refractivity contribution is -0.117. The lowest BCUT2D eigenvalue weighted by atomic mass is 10.3. The topological polar surface area (TPSA) is 42.0 Å². The van der Waals surface area contributed by atoms with Crippen molar-refractivity contribution in [2.24, 2.45) is 11.8 Å². The zero-order valence-electron chi connectivity index (χ0n) is 7.08. The molecule has 2 atom stereocenters. The van der Waals surface area contributed by atoms with Crippen LogP contribution < -0.4 is 5.32 Å². The maximum atomic E-state index is 11.4. The molecule has 70 valence electrons. The summed E-state index contributed by atoms with van der Waals surface area (Å²) in [6.45, 7) is 2.09. The van der Waals surface area contributed by atoms with Gasteiger partial charge in [-0.2, -0.15) is 0 Å². The molecule has 0 aromatic carbocycles. The van der Waals surface area contributed by atoms with Gasteiger partial charge in [-0.25, -0.2) is 4.98 Å². The van der Waals surface area contributed by atoms with E-state index < -0.39 is 0 Å². The molecule has 0 radical (unpaired) electrons. The highest BCUT2D eigenvalue weighted by Crippen LogP contribution is 2.38. The van der Waals surface area contributed by atoms with E-state index in [1.807, 2.05) is 0 Å². The Kier molecular flexibility index (Phi) is 2.38. The third kappa shape index (κ3) is 2.08. The second-order valence-corrected chi connectivity index (χ2v) is 5.69. The van der Waals surface area contributed by atoms with E-state index in [2.05, 4.69) is 33.2 Å². The summed E-state index contributed by atoms with van der Waals surface area (Å²) in [5.41, 5.74) is 0. The highest BCUT2D eigenvalue weighted by molar-refractivity contribution is 9.11. The Hall–Kier alpha value is -0.420.